The molecule has 0 aliphatic carbocycles. The third-order valence-corrected chi connectivity index (χ3v) is 3.73. The van der Waals surface area contributed by atoms with Gasteiger partial charge in [-0.15, -0.1) is 0 Å². The van der Waals surface area contributed by atoms with Crippen molar-refractivity contribution >= 4 is 11.9 Å². The van der Waals surface area contributed by atoms with Gasteiger partial charge in [0, 0.05) is 26.1 Å². The van der Waals surface area contributed by atoms with Gasteiger partial charge in [0.1, 0.15) is 6.04 Å². The van der Waals surface area contributed by atoms with Crippen molar-refractivity contribution in [3.8, 4) is 0 Å². The summed E-state index contributed by atoms with van der Waals surface area (Å²) in [5, 5.41) is 3.29. The van der Waals surface area contributed by atoms with E-state index in [1.807, 2.05) is 11.8 Å². The van der Waals surface area contributed by atoms with Gasteiger partial charge in [-0.2, -0.15) is 0 Å². The molecule has 0 saturated carbocycles. The Morgan fingerprint density at radius 2 is 2.24 bits per heavy atom. The summed E-state index contributed by atoms with van der Waals surface area (Å²) >= 11 is 0. The second-order valence-corrected chi connectivity index (χ2v) is 4.83. The summed E-state index contributed by atoms with van der Waals surface area (Å²) in [6.07, 6.45) is 1.82. The monoisotopic (exact) mass is 240 g/mol. The number of amides is 1. The molecule has 2 aliphatic heterocycles. The molecule has 2 aliphatic rings. The highest BCUT2D eigenvalue weighted by molar-refractivity contribution is 5.76. The van der Waals surface area contributed by atoms with Crippen LogP contribution in [0.2, 0.25) is 0 Å². The molecular weight excluding hydrogens is 220 g/mol. The Balaban J connectivity index is 1.92. The fourth-order valence-corrected chi connectivity index (χ4v) is 2.79. The number of esters is 1. The average Bonchev–Trinajstić information content (AvgIpc) is 2.71. The van der Waals surface area contributed by atoms with E-state index in [1.165, 1.54) is 0 Å². The minimum atomic E-state index is -0.183. The lowest BCUT2D eigenvalue weighted by atomic mass is 9.91. The molecule has 17 heavy (non-hydrogen) atoms. The van der Waals surface area contributed by atoms with Crippen LogP contribution in [0.4, 0.5) is 0 Å². The van der Waals surface area contributed by atoms with Gasteiger partial charge < -0.3 is 9.64 Å². The van der Waals surface area contributed by atoms with Gasteiger partial charge in [0.2, 0.25) is 5.91 Å². The van der Waals surface area contributed by atoms with Gasteiger partial charge >= 0.3 is 5.97 Å². The molecule has 0 aromatic heterocycles. The molecule has 0 aromatic carbocycles. The van der Waals surface area contributed by atoms with Crippen LogP contribution in [-0.4, -0.2) is 48.6 Å². The largest absolute Gasteiger partial charge is 0.465 e. The summed E-state index contributed by atoms with van der Waals surface area (Å²) in [5.41, 5.74) is 0. The SMILES string of the molecule is CCOC(=O)[C@H]1C[C@H]2CCN(C(C)=O)C[C@@H]2N1. The van der Waals surface area contributed by atoms with Gasteiger partial charge in [-0.05, 0) is 25.7 Å². The second kappa shape index (κ2) is 5.04. The first-order valence-corrected chi connectivity index (χ1v) is 6.30. The van der Waals surface area contributed by atoms with Crippen molar-refractivity contribution in [3.05, 3.63) is 0 Å². The first kappa shape index (κ1) is 12.4. The highest BCUT2D eigenvalue weighted by Gasteiger charge is 2.41. The van der Waals surface area contributed by atoms with E-state index in [-0.39, 0.29) is 24.0 Å². The number of fused-ring (bicyclic) bond motifs is 1. The van der Waals surface area contributed by atoms with Crippen LogP contribution in [0.25, 0.3) is 0 Å². The maximum Gasteiger partial charge on any atom is 0.323 e. The van der Waals surface area contributed by atoms with E-state index in [9.17, 15) is 9.59 Å². The average molecular weight is 240 g/mol. The summed E-state index contributed by atoms with van der Waals surface area (Å²) in [7, 11) is 0. The smallest absolute Gasteiger partial charge is 0.323 e. The predicted octanol–water partition coefficient (Wildman–Crippen LogP) is 0.148. The van der Waals surface area contributed by atoms with Crippen molar-refractivity contribution in [2.24, 2.45) is 5.92 Å². The third-order valence-electron chi connectivity index (χ3n) is 3.73. The Labute approximate surface area is 101 Å². The van der Waals surface area contributed by atoms with E-state index < -0.39 is 0 Å². The number of ether oxygens (including phenoxy) is 1. The molecule has 5 heteroatoms. The van der Waals surface area contributed by atoms with Gasteiger partial charge in [-0.1, -0.05) is 0 Å². The van der Waals surface area contributed by atoms with Gasteiger partial charge in [0.05, 0.1) is 6.61 Å². The van der Waals surface area contributed by atoms with Gasteiger partial charge in [0.15, 0.2) is 0 Å². The van der Waals surface area contributed by atoms with Crippen LogP contribution in [0.1, 0.15) is 26.7 Å². The summed E-state index contributed by atoms with van der Waals surface area (Å²) in [6.45, 7) is 5.37. The topological polar surface area (TPSA) is 58.6 Å². The maximum absolute atomic E-state index is 11.6. The molecule has 2 rings (SSSR count). The molecule has 96 valence electrons. The van der Waals surface area contributed by atoms with Crippen molar-refractivity contribution < 1.29 is 14.3 Å². The molecule has 2 heterocycles. The molecule has 0 bridgehead atoms. The Morgan fingerprint density at radius 3 is 2.88 bits per heavy atom. The Morgan fingerprint density at radius 1 is 1.47 bits per heavy atom. The minimum Gasteiger partial charge on any atom is -0.465 e. The first-order valence-electron chi connectivity index (χ1n) is 6.30. The zero-order valence-corrected chi connectivity index (χ0v) is 10.4. The quantitative estimate of drug-likeness (QED) is 0.698. The predicted molar refractivity (Wildman–Crippen MR) is 62.3 cm³/mol. The first-order chi connectivity index (χ1) is 8.11. The van der Waals surface area contributed by atoms with Crippen molar-refractivity contribution in [2.75, 3.05) is 19.7 Å². The number of rotatable bonds is 2. The number of piperidine rings is 1. The van der Waals surface area contributed by atoms with Crippen LogP contribution in [-0.2, 0) is 14.3 Å². The van der Waals surface area contributed by atoms with Crippen LogP contribution >= 0.6 is 0 Å². The Kier molecular flexibility index (Phi) is 3.66. The number of likely N-dealkylation sites (tertiary alicyclic amines) is 1. The van der Waals surface area contributed by atoms with E-state index in [0.717, 1.165) is 25.9 Å². The molecule has 0 radical (unpaired) electrons. The van der Waals surface area contributed by atoms with E-state index in [2.05, 4.69) is 5.32 Å². The lowest BCUT2D eigenvalue weighted by Crippen LogP contribution is -2.49. The summed E-state index contributed by atoms with van der Waals surface area (Å²) in [5.74, 6) is 0.459. The molecule has 5 nitrogen and oxygen atoms in total. The molecular formula is C12H20N2O3. The molecule has 0 unspecified atom stereocenters. The van der Waals surface area contributed by atoms with Crippen molar-refractivity contribution in [1.29, 1.82) is 0 Å². The van der Waals surface area contributed by atoms with Crippen LogP contribution in [0.15, 0.2) is 0 Å². The fraction of sp³-hybridized carbons (Fsp3) is 0.833. The highest BCUT2D eigenvalue weighted by Crippen LogP contribution is 2.29. The van der Waals surface area contributed by atoms with Gasteiger partial charge in [-0.3, -0.25) is 14.9 Å². The van der Waals surface area contributed by atoms with E-state index in [1.54, 1.807) is 6.92 Å². The molecule has 2 saturated heterocycles. The number of nitrogens with one attached hydrogen (secondary N) is 1. The van der Waals surface area contributed by atoms with E-state index in [4.69, 9.17) is 4.74 Å². The molecule has 1 amide bonds. The second-order valence-electron chi connectivity index (χ2n) is 4.83. The zero-order valence-electron chi connectivity index (χ0n) is 10.4. The number of carbonyl (C=O) groups excluding carboxylic acids is 2. The van der Waals surface area contributed by atoms with Crippen molar-refractivity contribution in [2.45, 2.75) is 38.8 Å². The number of hydrogen-bond acceptors (Lipinski definition) is 4. The summed E-state index contributed by atoms with van der Waals surface area (Å²) in [6, 6.07) is 0.0684. The molecule has 0 aromatic rings. The number of nitrogens with zero attached hydrogens (tertiary/aromatic N) is 1. The maximum atomic E-state index is 11.6. The van der Waals surface area contributed by atoms with Crippen molar-refractivity contribution in [1.82, 2.24) is 10.2 Å². The zero-order chi connectivity index (χ0) is 12.4. The molecule has 3 atom stereocenters. The lowest BCUT2D eigenvalue weighted by Gasteiger charge is -2.34. The Bertz CT molecular complexity index is 319. The van der Waals surface area contributed by atoms with Gasteiger partial charge in [-0.25, -0.2) is 0 Å². The molecule has 2 fully saturated rings. The summed E-state index contributed by atoms with van der Waals surface area (Å²) in [4.78, 5) is 24.8. The van der Waals surface area contributed by atoms with Crippen LogP contribution in [0.3, 0.4) is 0 Å². The Hall–Kier alpha value is -1.10. The summed E-state index contributed by atoms with van der Waals surface area (Å²) < 4.78 is 5.02. The highest BCUT2D eigenvalue weighted by atomic mass is 16.5. The lowest BCUT2D eigenvalue weighted by molar-refractivity contribution is -0.145. The molecule has 0 spiro atoms. The van der Waals surface area contributed by atoms with Crippen LogP contribution in [0.5, 0.6) is 0 Å². The molecule has 1 N–H and O–H groups in total. The van der Waals surface area contributed by atoms with Crippen molar-refractivity contribution in [3.63, 3.8) is 0 Å². The number of carbonyl (C=O) groups is 2. The van der Waals surface area contributed by atoms with E-state index in [0.29, 0.717) is 12.5 Å². The van der Waals surface area contributed by atoms with Gasteiger partial charge in [0.25, 0.3) is 0 Å². The standard InChI is InChI=1S/C12H20N2O3/c1-3-17-12(16)10-6-9-4-5-14(8(2)15)7-11(9)13-10/h9-11,13H,3-7H2,1-2H3/t9-,10-,11+/m1/s1. The van der Waals surface area contributed by atoms with E-state index >= 15 is 0 Å². The normalized spacial score (nSPS) is 32.1. The number of hydrogen-bond donors (Lipinski definition) is 1. The van der Waals surface area contributed by atoms with Crippen LogP contribution in [0, 0.1) is 5.92 Å². The fourth-order valence-electron chi connectivity index (χ4n) is 2.79. The third kappa shape index (κ3) is 2.60. The minimum absolute atomic E-state index is 0.116. The van der Waals surface area contributed by atoms with Crippen LogP contribution < -0.4 is 5.32 Å².